The number of benzene rings is 1. The first-order valence-electron chi connectivity index (χ1n) is 6.55. The van der Waals surface area contributed by atoms with Gasteiger partial charge in [-0.15, -0.1) is 0 Å². The molecule has 0 heterocycles. The molecule has 18 heavy (non-hydrogen) atoms. The highest BCUT2D eigenvalue weighted by Crippen LogP contribution is 2.39. The molecule has 0 spiro atoms. The number of hydrogen-bond donors (Lipinski definition) is 1. The van der Waals surface area contributed by atoms with E-state index in [9.17, 15) is 9.50 Å². The second-order valence-electron chi connectivity index (χ2n) is 5.97. The zero-order chi connectivity index (χ0) is 13.3. The summed E-state index contributed by atoms with van der Waals surface area (Å²) in [4.78, 5) is 0. The summed E-state index contributed by atoms with van der Waals surface area (Å²) in [5, 5.41) is 10.8. The quantitative estimate of drug-likeness (QED) is 0.854. The fraction of sp³-hybridized carbons (Fsp3) is 0.600. The predicted molar refractivity (Wildman–Crippen MR) is 72.2 cm³/mol. The molecular formula is C15H20ClFO. The monoisotopic (exact) mass is 270 g/mol. The number of hydrogen-bond acceptors (Lipinski definition) is 1. The van der Waals surface area contributed by atoms with Gasteiger partial charge in [-0.1, -0.05) is 37.6 Å². The molecule has 0 radical (unpaired) electrons. The molecule has 3 heteroatoms. The lowest BCUT2D eigenvalue weighted by Gasteiger charge is -2.39. The highest BCUT2D eigenvalue weighted by Gasteiger charge is 2.36. The molecule has 2 unspecified atom stereocenters. The third kappa shape index (κ3) is 3.04. The molecule has 0 bridgehead atoms. The summed E-state index contributed by atoms with van der Waals surface area (Å²) in [6.45, 7) is 4.32. The summed E-state index contributed by atoms with van der Waals surface area (Å²) in [7, 11) is 0. The standard InChI is InChI=1S/C15H20ClFO/c1-10-6-11(2)8-15(18,7-10)9-12-4-3-5-13(17)14(12)16/h3-5,10-11,18H,6-9H2,1-2H3. The Morgan fingerprint density at radius 3 is 2.56 bits per heavy atom. The van der Waals surface area contributed by atoms with Crippen molar-refractivity contribution < 1.29 is 9.50 Å². The Hall–Kier alpha value is -0.600. The van der Waals surface area contributed by atoms with Crippen LogP contribution in [0.1, 0.15) is 38.7 Å². The van der Waals surface area contributed by atoms with Crippen molar-refractivity contribution in [1.29, 1.82) is 0 Å². The molecule has 0 aromatic heterocycles. The fourth-order valence-corrected chi connectivity index (χ4v) is 3.61. The molecular weight excluding hydrogens is 251 g/mol. The van der Waals surface area contributed by atoms with Gasteiger partial charge in [0.15, 0.2) is 0 Å². The number of halogens is 2. The minimum absolute atomic E-state index is 0.150. The SMILES string of the molecule is CC1CC(C)CC(O)(Cc2cccc(F)c2Cl)C1. The van der Waals surface area contributed by atoms with Crippen molar-refractivity contribution >= 4 is 11.6 Å². The van der Waals surface area contributed by atoms with Crippen molar-refractivity contribution in [3.05, 3.63) is 34.6 Å². The second-order valence-corrected chi connectivity index (χ2v) is 6.35. The lowest BCUT2D eigenvalue weighted by molar-refractivity contribution is -0.0304. The van der Waals surface area contributed by atoms with E-state index in [0.717, 1.165) is 19.3 Å². The van der Waals surface area contributed by atoms with Gasteiger partial charge in [0.1, 0.15) is 5.82 Å². The molecule has 1 N–H and O–H groups in total. The van der Waals surface area contributed by atoms with Gasteiger partial charge in [-0.25, -0.2) is 4.39 Å². The first kappa shape index (κ1) is 13.8. The molecule has 2 atom stereocenters. The molecule has 1 nitrogen and oxygen atoms in total. The Balaban J connectivity index is 2.19. The number of rotatable bonds is 2. The Morgan fingerprint density at radius 2 is 1.94 bits per heavy atom. The van der Waals surface area contributed by atoms with Gasteiger partial charge in [0.2, 0.25) is 0 Å². The Kier molecular flexibility index (Phi) is 3.98. The molecule has 1 fully saturated rings. The number of aliphatic hydroxyl groups is 1. The maximum atomic E-state index is 13.4. The maximum absolute atomic E-state index is 13.4. The van der Waals surface area contributed by atoms with Crippen LogP contribution in [0.2, 0.25) is 5.02 Å². The van der Waals surface area contributed by atoms with Gasteiger partial charge < -0.3 is 5.11 Å². The minimum Gasteiger partial charge on any atom is -0.390 e. The molecule has 1 aromatic rings. The van der Waals surface area contributed by atoms with Crippen molar-refractivity contribution in [2.75, 3.05) is 0 Å². The summed E-state index contributed by atoms with van der Waals surface area (Å²) in [6, 6.07) is 4.80. The highest BCUT2D eigenvalue weighted by molar-refractivity contribution is 6.31. The van der Waals surface area contributed by atoms with Crippen LogP contribution in [-0.2, 0) is 6.42 Å². The molecule has 100 valence electrons. The summed E-state index contributed by atoms with van der Waals surface area (Å²) in [5.74, 6) is 0.604. The van der Waals surface area contributed by atoms with Crippen LogP contribution in [0, 0.1) is 17.7 Å². The summed E-state index contributed by atoms with van der Waals surface area (Å²) >= 11 is 5.96. The molecule has 0 amide bonds. The predicted octanol–water partition coefficient (Wildman–Crippen LogP) is 4.21. The van der Waals surface area contributed by atoms with Gasteiger partial charge in [-0.2, -0.15) is 0 Å². The van der Waals surface area contributed by atoms with Crippen molar-refractivity contribution in [2.45, 2.75) is 45.1 Å². The zero-order valence-corrected chi connectivity index (χ0v) is 11.7. The van der Waals surface area contributed by atoms with E-state index in [1.54, 1.807) is 12.1 Å². The highest BCUT2D eigenvalue weighted by atomic mass is 35.5. The van der Waals surface area contributed by atoms with Gasteiger partial charge in [0, 0.05) is 6.42 Å². The lowest BCUT2D eigenvalue weighted by atomic mass is 9.71. The zero-order valence-electron chi connectivity index (χ0n) is 10.9. The van der Waals surface area contributed by atoms with Crippen molar-refractivity contribution in [3.63, 3.8) is 0 Å². The third-order valence-electron chi connectivity index (χ3n) is 3.81. The molecule has 2 rings (SSSR count). The first-order valence-corrected chi connectivity index (χ1v) is 6.93. The Bertz CT molecular complexity index is 423. The largest absolute Gasteiger partial charge is 0.390 e. The van der Waals surface area contributed by atoms with Gasteiger partial charge >= 0.3 is 0 Å². The van der Waals surface area contributed by atoms with Crippen molar-refractivity contribution in [2.24, 2.45) is 11.8 Å². The van der Waals surface area contributed by atoms with E-state index in [0.29, 0.717) is 23.8 Å². The Morgan fingerprint density at radius 1 is 1.33 bits per heavy atom. The third-order valence-corrected chi connectivity index (χ3v) is 4.24. The van der Waals surface area contributed by atoms with Crippen LogP contribution in [0.25, 0.3) is 0 Å². The normalized spacial score (nSPS) is 32.5. The average Bonchev–Trinajstić information content (AvgIpc) is 2.22. The van der Waals surface area contributed by atoms with E-state index in [1.807, 2.05) is 0 Å². The van der Waals surface area contributed by atoms with Gasteiger partial charge in [0.25, 0.3) is 0 Å². The Labute approximate surface area is 113 Å². The summed E-state index contributed by atoms with van der Waals surface area (Å²) in [6.07, 6.45) is 3.13. The van der Waals surface area contributed by atoms with Gasteiger partial charge in [-0.3, -0.25) is 0 Å². The molecule has 1 aliphatic carbocycles. The van der Waals surface area contributed by atoms with Gasteiger partial charge in [0.05, 0.1) is 10.6 Å². The second kappa shape index (κ2) is 5.18. The van der Waals surface area contributed by atoms with Crippen LogP contribution in [0.5, 0.6) is 0 Å². The van der Waals surface area contributed by atoms with Crippen molar-refractivity contribution in [3.8, 4) is 0 Å². The first-order chi connectivity index (χ1) is 8.39. The maximum Gasteiger partial charge on any atom is 0.142 e. The summed E-state index contributed by atoms with van der Waals surface area (Å²) in [5.41, 5.74) is -0.0328. The van der Waals surface area contributed by atoms with E-state index < -0.39 is 11.4 Å². The molecule has 0 aliphatic heterocycles. The van der Waals surface area contributed by atoms with Crippen LogP contribution in [-0.4, -0.2) is 10.7 Å². The van der Waals surface area contributed by atoms with Crippen LogP contribution < -0.4 is 0 Å². The lowest BCUT2D eigenvalue weighted by Crippen LogP contribution is -2.39. The van der Waals surface area contributed by atoms with Crippen LogP contribution in [0.4, 0.5) is 4.39 Å². The minimum atomic E-state index is -0.742. The smallest absolute Gasteiger partial charge is 0.142 e. The van der Waals surface area contributed by atoms with Crippen LogP contribution in [0.3, 0.4) is 0 Å². The summed E-state index contributed by atoms with van der Waals surface area (Å²) < 4.78 is 13.4. The van der Waals surface area contributed by atoms with Crippen LogP contribution in [0.15, 0.2) is 18.2 Å². The van der Waals surface area contributed by atoms with E-state index >= 15 is 0 Å². The van der Waals surface area contributed by atoms with E-state index in [1.165, 1.54) is 6.07 Å². The average molecular weight is 271 g/mol. The molecule has 1 aliphatic rings. The van der Waals surface area contributed by atoms with E-state index in [-0.39, 0.29) is 5.02 Å². The molecule has 1 aromatic carbocycles. The molecule has 1 saturated carbocycles. The molecule has 0 saturated heterocycles. The van der Waals surface area contributed by atoms with E-state index in [4.69, 9.17) is 11.6 Å². The van der Waals surface area contributed by atoms with E-state index in [2.05, 4.69) is 13.8 Å². The van der Waals surface area contributed by atoms with Gasteiger partial charge in [-0.05, 0) is 42.7 Å². The van der Waals surface area contributed by atoms with Crippen LogP contribution >= 0.6 is 11.6 Å². The topological polar surface area (TPSA) is 20.2 Å². The van der Waals surface area contributed by atoms with Crippen molar-refractivity contribution in [1.82, 2.24) is 0 Å². The fourth-order valence-electron chi connectivity index (χ4n) is 3.42.